The number of hydrogen-bond acceptors (Lipinski definition) is 5. The second-order valence-corrected chi connectivity index (χ2v) is 4.80. The van der Waals surface area contributed by atoms with Crippen LogP contribution in [0.4, 0.5) is 5.69 Å². The number of rotatable bonds is 3. The first-order valence-electron chi connectivity index (χ1n) is 6.83. The molecule has 0 bridgehead atoms. The van der Waals surface area contributed by atoms with Crippen molar-refractivity contribution >= 4 is 11.6 Å². The number of nitrogens with zero attached hydrogens (tertiary/aromatic N) is 3. The maximum atomic E-state index is 12.0. The summed E-state index contributed by atoms with van der Waals surface area (Å²) in [5.74, 6) is 1.47. The Bertz CT molecular complexity index is 617. The molecule has 3 heterocycles. The van der Waals surface area contributed by atoms with Gasteiger partial charge >= 0.3 is 0 Å². The molecule has 7 heteroatoms. The highest BCUT2D eigenvalue weighted by Gasteiger charge is 2.21. The Morgan fingerprint density at radius 3 is 3.00 bits per heavy atom. The van der Waals surface area contributed by atoms with Gasteiger partial charge in [0.2, 0.25) is 0 Å². The maximum absolute atomic E-state index is 12.0. The van der Waals surface area contributed by atoms with Gasteiger partial charge in [-0.1, -0.05) is 0 Å². The molecule has 1 fully saturated rings. The largest absolute Gasteiger partial charge is 0.366 e. The van der Waals surface area contributed by atoms with Crippen LogP contribution in [0.3, 0.4) is 0 Å². The maximum Gasteiger partial charge on any atom is 0.254 e. The summed E-state index contributed by atoms with van der Waals surface area (Å²) in [6.45, 7) is 3.77. The number of carbonyl (C=O) groups is 1. The van der Waals surface area contributed by atoms with Gasteiger partial charge < -0.3 is 15.4 Å². The van der Waals surface area contributed by atoms with Crippen LogP contribution in [-0.2, 0) is 9.53 Å². The van der Waals surface area contributed by atoms with Gasteiger partial charge in [0, 0.05) is 25.5 Å². The zero-order chi connectivity index (χ0) is 14.7. The minimum atomic E-state index is -0.450. The molecule has 0 aromatic carbocycles. The minimum Gasteiger partial charge on any atom is -0.366 e. The molecule has 1 saturated heterocycles. The Morgan fingerprint density at radius 2 is 2.38 bits per heavy atom. The van der Waals surface area contributed by atoms with E-state index in [-0.39, 0.29) is 5.91 Å². The standard InChI is InChI=1S/C14H17N5O2/c1-10-16-4-6-19(10)13-3-2-11(8-17-13)18-14(20)12-9-15-5-7-21-12/h2-4,6,8,12,15H,5,7,9H2,1H3,(H,18,20). The van der Waals surface area contributed by atoms with E-state index in [1.807, 2.05) is 29.8 Å². The molecule has 2 aromatic rings. The normalized spacial score (nSPS) is 18.4. The van der Waals surface area contributed by atoms with Crippen molar-refractivity contribution in [1.82, 2.24) is 19.9 Å². The third-order valence-corrected chi connectivity index (χ3v) is 3.31. The van der Waals surface area contributed by atoms with Crippen LogP contribution < -0.4 is 10.6 Å². The van der Waals surface area contributed by atoms with Crippen LogP contribution in [0.5, 0.6) is 0 Å². The third kappa shape index (κ3) is 3.09. The first kappa shape index (κ1) is 13.7. The van der Waals surface area contributed by atoms with Crippen LogP contribution in [0.2, 0.25) is 0 Å². The Kier molecular flexibility index (Phi) is 3.94. The molecule has 1 atom stereocenters. The van der Waals surface area contributed by atoms with E-state index in [9.17, 15) is 4.79 Å². The van der Waals surface area contributed by atoms with E-state index >= 15 is 0 Å². The first-order chi connectivity index (χ1) is 10.2. The number of morpholine rings is 1. The monoisotopic (exact) mass is 287 g/mol. The van der Waals surface area contributed by atoms with Gasteiger partial charge in [-0.15, -0.1) is 0 Å². The van der Waals surface area contributed by atoms with E-state index in [1.165, 1.54) is 0 Å². The van der Waals surface area contributed by atoms with Gasteiger partial charge in [-0.25, -0.2) is 9.97 Å². The lowest BCUT2D eigenvalue weighted by Crippen LogP contribution is -2.45. The Hall–Kier alpha value is -2.25. The van der Waals surface area contributed by atoms with Crippen molar-refractivity contribution in [3.05, 3.63) is 36.5 Å². The number of hydrogen-bond donors (Lipinski definition) is 2. The molecule has 0 spiro atoms. The van der Waals surface area contributed by atoms with Gasteiger partial charge in [0.1, 0.15) is 17.7 Å². The molecule has 1 aliphatic rings. The topological polar surface area (TPSA) is 81.1 Å². The molecule has 21 heavy (non-hydrogen) atoms. The van der Waals surface area contributed by atoms with Crippen molar-refractivity contribution in [3.8, 4) is 5.82 Å². The number of nitrogens with one attached hydrogen (secondary N) is 2. The van der Waals surface area contributed by atoms with Crippen LogP contribution in [-0.4, -0.2) is 46.2 Å². The lowest BCUT2D eigenvalue weighted by atomic mass is 10.3. The van der Waals surface area contributed by atoms with Gasteiger partial charge in [0.15, 0.2) is 0 Å². The predicted molar refractivity (Wildman–Crippen MR) is 77.3 cm³/mol. The zero-order valence-corrected chi connectivity index (χ0v) is 11.7. The highest BCUT2D eigenvalue weighted by atomic mass is 16.5. The van der Waals surface area contributed by atoms with Crippen LogP contribution in [0, 0.1) is 6.92 Å². The summed E-state index contributed by atoms with van der Waals surface area (Å²) in [4.78, 5) is 20.5. The van der Waals surface area contributed by atoms with Crippen LogP contribution >= 0.6 is 0 Å². The first-order valence-corrected chi connectivity index (χ1v) is 6.83. The summed E-state index contributed by atoms with van der Waals surface area (Å²) in [5, 5.41) is 5.93. The number of aryl methyl sites for hydroxylation is 1. The fourth-order valence-corrected chi connectivity index (χ4v) is 2.18. The van der Waals surface area contributed by atoms with Crippen molar-refractivity contribution in [2.75, 3.05) is 25.0 Å². The zero-order valence-electron chi connectivity index (χ0n) is 11.7. The highest BCUT2D eigenvalue weighted by Crippen LogP contribution is 2.12. The number of anilines is 1. The summed E-state index contributed by atoms with van der Waals surface area (Å²) in [5.41, 5.74) is 0.649. The number of amides is 1. The molecule has 2 aromatic heterocycles. The summed E-state index contributed by atoms with van der Waals surface area (Å²) in [7, 11) is 0. The molecule has 110 valence electrons. The minimum absolute atomic E-state index is 0.157. The Labute approximate surface area is 122 Å². The van der Waals surface area contributed by atoms with Crippen molar-refractivity contribution < 1.29 is 9.53 Å². The lowest BCUT2D eigenvalue weighted by Gasteiger charge is -2.22. The van der Waals surface area contributed by atoms with Crippen molar-refractivity contribution in [3.63, 3.8) is 0 Å². The molecule has 7 nitrogen and oxygen atoms in total. The number of aromatic nitrogens is 3. The third-order valence-electron chi connectivity index (χ3n) is 3.31. The van der Waals surface area contributed by atoms with E-state index < -0.39 is 6.10 Å². The van der Waals surface area contributed by atoms with Gasteiger partial charge in [-0.05, 0) is 19.1 Å². The number of imidazole rings is 1. The summed E-state index contributed by atoms with van der Waals surface area (Å²) < 4.78 is 7.28. The lowest BCUT2D eigenvalue weighted by molar-refractivity contribution is -0.128. The van der Waals surface area contributed by atoms with E-state index in [0.29, 0.717) is 18.8 Å². The van der Waals surface area contributed by atoms with Gasteiger partial charge in [-0.2, -0.15) is 0 Å². The molecule has 0 aliphatic carbocycles. The van der Waals surface area contributed by atoms with Crippen molar-refractivity contribution in [2.45, 2.75) is 13.0 Å². The second-order valence-electron chi connectivity index (χ2n) is 4.80. The van der Waals surface area contributed by atoms with E-state index in [4.69, 9.17) is 4.74 Å². The fourth-order valence-electron chi connectivity index (χ4n) is 2.18. The van der Waals surface area contributed by atoms with Gasteiger partial charge in [0.05, 0.1) is 18.5 Å². The Balaban J connectivity index is 1.67. The van der Waals surface area contributed by atoms with Crippen LogP contribution in [0.15, 0.2) is 30.7 Å². The summed E-state index contributed by atoms with van der Waals surface area (Å²) in [6.07, 6.45) is 4.75. The number of pyridine rings is 1. The fraction of sp³-hybridized carbons (Fsp3) is 0.357. The predicted octanol–water partition coefficient (Wildman–Crippen LogP) is 0.503. The van der Waals surface area contributed by atoms with Crippen LogP contribution in [0.1, 0.15) is 5.82 Å². The van der Waals surface area contributed by atoms with E-state index in [2.05, 4.69) is 20.6 Å². The second kappa shape index (κ2) is 6.02. The average Bonchev–Trinajstić information content (AvgIpc) is 2.95. The molecular formula is C14H17N5O2. The number of carbonyl (C=O) groups excluding carboxylic acids is 1. The van der Waals surface area contributed by atoms with Crippen molar-refractivity contribution in [2.24, 2.45) is 0 Å². The van der Waals surface area contributed by atoms with Gasteiger partial charge in [0.25, 0.3) is 5.91 Å². The molecular weight excluding hydrogens is 270 g/mol. The molecule has 3 rings (SSSR count). The molecule has 2 N–H and O–H groups in total. The molecule has 0 saturated carbocycles. The average molecular weight is 287 g/mol. The van der Waals surface area contributed by atoms with Crippen LogP contribution in [0.25, 0.3) is 5.82 Å². The summed E-state index contributed by atoms with van der Waals surface area (Å²) in [6, 6.07) is 3.65. The Morgan fingerprint density at radius 1 is 1.48 bits per heavy atom. The van der Waals surface area contributed by atoms with E-state index in [1.54, 1.807) is 12.4 Å². The quantitative estimate of drug-likeness (QED) is 0.859. The molecule has 1 amide bonds. The van der Waals surface area contributed by atoms with Crippen molar-refractivity contribution in [1.29, 1.82) is 0 Å². The van der Waals surface area contributed by atoms with E-state index in [0.717, 1.165) is 18.2 Å². The van der Waals surface area contributed by atoms with Gasteiger partial charge in [-0.3, -0.25) is 9.36 Å². The number of ether oxygens (including phenoxy) is 1. The molecule has 1 aliphatic heterocycles. The molecule has 1 unspecified atom stereocenters. The summed E-state index contributed by atoms with van der Waals surface area (Å²) >= 11 is 0. The smallest absolute Gasteiger partial charge is 0.254 e. The SMILES string of the molecule is Cc1nccn1-c1ccc(NC(=O)C2CNCCO2)cn1. The highest BCUT2D eigenvalue weighted by molar-refractivity contribution is 5.94. The molecule has 0 radical (unpaired) electrons.